The van der Waals surface area contributed by atoms with Gasteiger partial charge in [0.1, 0.15) is 5.84 Å². The largest absolute Gasteiger partial charge is 0.395 e. The first-order valence-electron chi connectivity index (χ1n) is 13.3. The van der Waals surface area contributed by atoms with Crippen LogP contribution < -0.4 is 0 Å². The van der Waals surface area contributed by atoms with Gasteiger partial charge >= 0.3 is 6.03 Å². The van der Waals surface area contributed by atoms with E-state index in [4.69, 9.17) is 4.99 Å². The molecule has 12 nitrogen and oxygen atoms in total. The smallest absolute Gasteiger partial charge is 0.328 e. The average molecular weight is 558 g/mol. The number of hydrogen-bond acceptors (Lipinski definition) is 10. The molecule has 2 unspecified atom stereocenters. The number of amides is 3. The van der Waals surface area contributed by atoms with E-state index in [1.165, 1.54) is 28.4 Å². The second kappa shape index (κ2) is 12.2. The van der Waals surface area contributed by atoms with Crippen molar-refractivity contribution in [3.63, 3.8) is 0 Å². The summed E-state index contributed by atoms with van der Waals surface area (Å²) in [5.41, 5.74) is 2.26. The summed E-state index contributed by atoms with van der Waals surface area (Å²) in [5, 5.41) is 26.6. The fourth-order valence-electron chi connectivity index (χ4n) is 5.42. The number of benzene rings is 1. The van der Waals surface area contributed by atoms with Gasteiger partial charge in [0.25, 0.3) is 11.6 Å². The van der Waals surface area contributed by atoms with Crippen molar-refractivity contribution in [3.8, 4) is 0 Å². The Morgan fingerprint density at radius 3 is 2.49 bits per heavy atom. The number of carbonyl (C=O) groups excluding carboxylic acids is 2. The zero-order valence-electron chi connectivity index (χ0n) is 22.5. The fourth-order valence-corrected chi connectivity index (χ4v) is 5.98. The van der Waals surface area contributed by atoms with Crippen molar-refractivity contribution >= 4 is 34.8 Å². The van der Waals surface area contributed by atoms with E-state index >= 15 is 0 Å². The number of nitro groups is 1. The summed E-state index contributed by atoms with van der Waals surface area (Å²) in [6, 6.07) is 5.11. The van der Waals surface area contributed by atoms with Crippen LogP contribution in [-0.4, -0.2) is 97.1 Å². The third-order valence-corrected chi connectivity index (χ3v) is 7.92. The molecule has 0 aliphatic carbocycles. The molecule has 1 aromatic carbocycles. The van der Waals surface area contributed by atoms with Crippen molar-refractivity contribution in [2.75, 3.05) is 32.8 Å². The van der Waals surface area contributed by atoms with Crippen LogP contribution in [0.1, 0.15) is 44.9 Å². The third-order valence-electron chi connectivity index (χ3n) is 7.29. The van der Waals surface area contributed by atoms with Gasteiger partial charge in [0.15, 0.2) is 11.7 Å². The number of carbonyl (C=O) groups is 2. The zero-order chi connectivity index (χ0) is 28.2. The monoisotopic (exact) mass is 557 g/mol. The molecule has 0 radical (unpaired) electrons. The molecule has 39 heavy (non-hydrogen) atoms. The highest BCUT2D eigenvalue weighted by Crippen LogP contribution is 2.42. The van der Waals surface area contributed by atoms with Gasteiger partial charge in [-0.1, -0.05) is 32.9 Å². The van der Waals surface area contributed by atoms with E-state index in [0.717, 1.165) is 11.3 Å². The molecule has 0 saturated carbocycles. The lowest BCUT2D eigenvalue weighted by molar-refractivity contribution is -0.384. The fraction of sp³-hybridized carbons (Fsp3) is 0.538. The van der Waals surface area contributed by atoms with Gasteiger partial charge in [-0.15, -0.1) is 11.3 Å². The molecule has 2 aliphatic heterocycles. The number of aliphatic hydroxyl groups excluding tert-OH is 1. The van der Waals surface area contributed by atoms with Gasteiger partial charge in [0.05, 0.1) is 22.7 Å². The minimum absolute atomic E-state index is 0.00358. The van der Waals surface area contributed by atoms with Gasteiger partial charge in [-0.25, -0.2) is 19.8 Å². The first-order chi connectivity index (χ1) is 18.8. The SMILES string of the molecule is CCCN1C(=O)C2N(N(CC)CCO)C(Cc3cscn3)=NC2(CC)N(CCc2ccc([N+](=O)[O-])cc2)C1=O. The number of imide groups is 1. The second-order valence-corrected chi connectivity index (χ2v) is 10.3. The third kappa shape index (κ3) is 5.38. The van der Waals surface area contributed by atoms with E-state index in [0.29, 0.717) is 44.6 Å². The number of aliphatic imine (C=N–C) groups is 1. The maximum absolute atomic E-state index is 14.1. The molecule has 1 saturated heterocycles. The quantitative estimate of drug-likeness (QED) is 0.293. The van der Waals surface area contributed by atoms with Crippen molar-refractivity contribution < 1.29 is 19.6 Å². The highest BCUT2D eigenvalue weighted by Gasteiger charge is 2.62. The number of hydrogen-bond donors (Lipinski definition) is 1. The first kappa shape index (κ1) is 28.6. The molecule has 13 heteroatoms. The predicted octanol–water partition coefficient (Wildman–Crippen LogP) is 2.93. The van der Waals surface area contributed by atoms with Crippen LogP contribution >= 0.6 is 11.3 Å². The number of nitro benzene ring substituents is 1. The molecule has 1 fully saturated rings. The van der Waals surface area contributed by atoms with Crippen molar-refractivity contribution in [3.05, 3.63) is 56.5 Å². The van der Waals surface area contributed by atoms with Gasteiger partial charge in [-0.3, -0.25) is 29.7 Å². The van der Waals surface area contributed by atoms with Gasteiger partial charge in [0, 0.05) is 50.1 Å². The number of aliphatic hydroxyl groups is 1. The van der Waals surface area contributed by atoms with E-state index in [1.807, 2.05) is 36.2 Å². The van der Waals surface area contributed by atoms with E-state index in [2.05, 4.69) is 4.98 Å². The number of likely N-dealkylation sites (N-methyl/N-ethyl adjacent to an activating group) is 1. The summed E-state index contributed by atoms with van der Waals surface area (Å²) < 4.78 is 0. The molecule has 1 aromatic heterocycles. The van der Waals surface area contributed by atoms with Crippen molar-refractivity contribution in [2.45, 2.75) is 58.2 Å². The normalized spacial score (nSPS) is 21.1. The molecule has 3 amide bonds. The van der Waals surface area contributed by atoms with Crippen molar-refractivity contribution in [1.29, 1.82) is 0 Å². The number of fused-ring (bicyclic) bond motifs is 1. The average Bonchev–Trinajstić information content (AvgIpc) is 3.56. The molecule has 2 atom stereocenters. The predicted molar refractivity (Wildman–Crippen MR) is 147 cm³/mol. The van der Waals surface area contributed by atoms with Crippen LogP contribution in [0.25, 0.3) is 0 Å². The van der Waals surface area contributed by atoms with Gasteiger partial charge in [-0.2, -0.15) is 0 Å². The first-order valence-corrected chi connectivity index (χ1v) is 14.2. The Bertz CT molecular complexity index is 1210. The number of amidine groups is 1. The Hall–Kier alpha value is -3.42. The number of urea groups is 1. The van der Waals surface area contributed by atoms with Crippen LogP contribution in [0.2, 0.25) is 0 Å². The lowest BCUT2D eigenvalue weighted by Crippen LogP contribution is -2.74. The van der Waals surface area contributed by atoms with Gasteiger partial charge in [-0.05, 0) is 24.8 Å². The van der Waals surface area contributed by atoms with Crippen LogP contribution in [0.15, 0.2) is 40.1 Å². The lowest BCUT2D eigenvalue weighted by atomic mass is 9.91. The van der Waals surface area contributed by atoms with Crippen LogP contribution in [0.5, 0.6) is 0 Å². The molecular weight excluding hydrogens is 522 g/mol. The molecule has 0 spiro atoms. The summed E-state index contributed by atoms with van der Waals surface area (Å²) in [4.78, 5) is 51.2. The summed E-state index contributed by atoms with van der Waals surface area (Å²) in [5.74, 6) is 0.326. The van der Waals surface area contributed by atoms with Crippen LogP contribution in [0.3, 0.4) is 0 Å². The Balaban J connectivity index is 1.77. The Morgan fingerprint density at radius 1 is 1.18 bits per heavy atom. The molecule has 210 valence electrons. The number of non-ortho nitro benzene ring substituents is 1. The topological polar surface area (TPSA) is 136 Å². The number of thiazole rings is 1. The minimum atomic E-state index is -1.15. The molecular formula is C26H35N7O5S. The molecule has 4 rings (SSSR count). The maximum atomic E-state index is 14.1. The second-order valence-electron chi connectivity index (χ2n) is 9.53. The highest BCUT2D eigenvalue weighted by molar-refractivity contribution is 7.07. The zero-order valence-corrected chi connectivity index (χ0v) is 23.3. The Kier molecular flexibility index (Phi) is 8.93. The van der Waals surface area contributed by atoms with E-state index in [-0.39, 0.29) is 37.3 Å². The van der Waals surface area contributed by atoms with E-state index < -0.39 is 16.6 Å². The standard InChI is InChI=1S/C26H35N7O5S/c1-4-12-30-24(35)23-26(5-2,31(25(30)36)13-11-19-7-9-21(10-8-19)33(37)38)28-22(16-20-17-39-18-27-20)32(23)29(6-3)14-15-34/h7-10,17-18,23,34H,4-6,11-16H2,1-3H3. The van der Waals surface area contributed by atoms with Crippen LogP contribution in [0, 0.1) is 10.1 Å². The summed E-state index contributed by atoms with van der Waals surface area (Å²) in [6.45, 7) is 7.10. The number of rotatable bonds is 13. The summed E-state index contributed by atoms with van der Waals surface area (Å²) in [6.07, 6.45) is 1.84. The van der Waals surface area contributed by atoms with Gasteiger partial charge < -0.3 is 5.11 Å². The minimum Gasteiger partial charge on any atom is -0.395 e. The van der Waals surface area contributed by atoms with Crippen molar-refractivity contribution in [2.24, 2.45) is 4.99 Å². The van der Waals surface area contributed by atoms with E-state index in [9.17, 15) is 24.8 Å². The highest BCUT2D eigenvalue weighted by atomic mass is 32.1. The molecule has 2 aliphatic rings. The number of nitrogens with zero attached hydrogens (tertiary/aromatic N) is 7. The van der Waals surface area contributed by atoms with Crippen LogP contribution in [0.4, 0.5) is 10.5 Å². The van der Waals surface area contributed by atoms with Crippen LogP contribution in [-0.2, 0) is 17.6 Å². The Labute approximate surface area is 231 Å². The molecule has 2 aromatic rings. The molecule has 0 bridgehead atoms. The molecule has 1 N–H and O–H groups in total. The maximum Gasteiger partial charge on any atom is 0.328 e. The molecule has 3 heterocycles. The number of hydrazine groups is 1. The lowest BCUT2D eigenvalue weighted by Gasteiger charge is -2.51. The van der Waals surface area contributed by atoms with Crippen molar-refractivity contribution in [1.82, 2.24) is 24.8 Å². The van der Waals surface area contributed by atoms with Gasteiger partial charge in [0.2, 0.25) is 0 Å². The summed E-state index contributed by atoms with van der Waals surface area (Å²) >= 11 is 1.48. The summed E-state index contributed by atoms with van der Waals surface area (Å²) in [7, 11) is 0. The number of aromatic nitrogens is 1. The Morgan fingerprint density at radius 2 is 1.92 bits per heavy atom. The van der Waals surface area contributed by atoms with E-state index in [1.54, 1.807) is 22.5 Å².